The molecular formula is C15H19NO. The van der Waals surface area contributed by atoms with E-state index in [1.54, 1.807) is 0 Å². The maximum absolute atomic E-state index is 8.79. The molecule has 1 aromatic carbocycles. The fourth-order valence-corrected chi connectivity index (χ4v) is 2.09. The van der Waals surface area contributed by atoms with E-state index in [4.69, 9.17) is 10.00 Å². The molecule has 1 fully saturated rings. The van der Waals surface area contributed by atoms with Gasteiger partial charge in [0.15, 0.2) is 0 Å². The highest BCUT2D eigenvalue weighted by atomic mass is 16.5. The predicted molar refractivity (Wildman–Crippen MR) is 68.0 cm³/mol. The Morgan fingerprint density at radius 3 is 2.47 bits per heavy atom. The zero-order chi connectivity index (χ0) is 12.5. The summed E-state index contributed by atoms with van der Waals surface area (Å²) in [6.07, 6.45) is 2.88. The van der Waals surface area contributed by atoms with E-state index in [9.17, 15) is 0 Å². The Bertz CT molecular complexity index is 467. The first-order chi connectivity index (χ1) is 8.08. The van der Waals surface area contributed by atoms with Crippen LogP contribution in [0.3, 0.4) is 0 Å². The Morgan fingerprint density at radius 2 is 1.88 bits per heavy atom. The second-order valence-electron chi connectivity index (χ2n) is 5.28. The normalized spacial score (nSPS) is 16.4. The van der Waals surface area contributed by atoms with Crippen molar-refractivity contribution >= 4 is 0 Å². The minimum absolute atomic E-state index is 0.150. The summed E-state index contributed by atoms with van der Waals surface area (Å²) >= 11 is 0. The zero-order valence-electron chi connectivity index (χ0n) is 10.8. The van der Waals surface area contributed by atoms with Crippen molar-refractivity contribution in [3.05, 3.63) is 28.8 Å². The summed E-state index contributed by atoms with van der Waals surface area (Å²) in [6, 6.07) is 6.49. The fraction of sp³-hybridized carbons (Fsp3) is 0.533. The molecule has 0 aliphatic heterocycles. The van der Waals surface area contributed by atoms with Gasteiger partial charge in [0.1, 0.15) is 5.75 Å². The van der Waals surface area contributed by atoms with Crippen molar-refractivity contribution in [2.24, 2.45) is 5.41 Å². The van der Waals surface area contributed by atoms with Crippen molar-refractivity contribution in [3.63, 3.8) is 0 Å². The minimum atomic E-state index is 0.150. The van der Waals surface area contributed by atoms with Crippen LogP contribution in [0.1, 0.15) is 36.0 Å². The van der Waals surface area contributed by atoms with E-state index < -0.39 is 0 Å². The Morgan fingerprint density at radius 1 is 1.24 bits per heavy atom. The maximum atomic E-state index is 8.79. The summed E-state index contributed by atoms with van der Waals surface area (Å²) < 4.78 is 5.98. The SMILES string of the molecule is Cc1ccc(C)c(OCC2(CC#N)CC2)c1C. The third-order valence-corrected chi connectivity index (χ3v) is 3.81. The lowest BCUT2D eigenvalue weighted by atomic mass is 10.0. The van der Waals surface area contributed by atoms with Crippen molar-refractivity contribution in [1.82, 2.24) is 0 Å². The molecule has 1 aromatic rings. The quantitative estimate of drug-likeness (QED) is 0.789. The predicted octanol–water partition coefficient (Wildman–Crippen LogP) is 3.68. The van der Waals surface area contributed by atoms with Crippen LogP contribution >= 0.6 is 0 Å². The van der Waals surface area contributed by atoms with Gasteiger partial charge >= 0.3 is 0 Å². The van der Waals surface area contributed by atoms with Gasteiger partial charge in [0.2, 0.25) is 0 Å². The van der Waals surface area contributed by atoms with Gasteiger partial charge in [-0.2, -0.15) is 5.26 Å². The highest BCUT2D eigenvalue weighted by molar-refractivity contribution is 5.44. The van der Waals surface area contributed by atoms with Gasteiger partial charge in [-0.25, -0.2) is 0 Å². The van der Waals surface area contributed by atoms with E-state index >= 15 is 0 Å². The van der Waals surface area contributed by atoms with Crippen LogP contribution in [0.5, 0.6) is 5.75 Å². The van der Waals surface area contributed by atoms with Crippen LogP contribution < -0.4 is 4.74 Å². The Kier molecular flexibility index (Phi) is 3.11. The number of nitriles is 1. The third-order valence-electron chi connectivity index (χ3n) is 3.81. The molecule has 0 heterocycles. The Balaban J connectivity index is 2.10. The molecule has 0 amide bonds. The number of nitrogens with zero attached hydrogens (tertiary/aromatic N) is 1. The molecule has 1 aliphatic carbocycles. The van der Waals surface area contributed by atoms with E-state index in [2.05, 4.69) is 39.0 Å². The first kappa shape index (κ1) is 12.0. The molecule has 2 rings (SSSR count). The molecule has 0 saturated heterocycles. The largest absolute Gasteiger partial charge is 0.492 e. The average Bonchev–Trinajstić information content (AvgIpc) is 3.05. The Labute approximate surface area is 103 Å². The van der Waals surface area contributed by atoms with E-state index in [1.165, 1.54) is 16.7 Å². The van der Waals surface area contributed by atoms with E-state index in [0.717, 1.165) is 18.6 Å². The molecule has 0 aromatic heterocycles. The standard InChI is InChI=1S/C15H19NO/c1-11-4-5-12(2)14(13(11)3)17-10-15(6-7-15)8-9-16/h4-5H,6-8,10H2,1-3H3. The van der Waals surface area contributed by atoms with Crippen LogP contribution in [0, 0.1) is 37.5 Å². The van der Waals surface area contributed by atoms with Crippen LogP contribution in [0.2, 0.25) is 0 Å². The number of hydrogen-bond acceptors (Lipinski definition) is 2. The zero-order valence-corrected chi connectivity index (χ0v) is 10.8. The van der Waals surface area contributed by atoms with E-state index in [0.29, 0.717) is 13.0 Å². The first-order valence-electron chi connectivity index (χ1n) is 6.14. The number of rotatable bonds is 4. The van der Waals surface area contributed by atoms with E-state index in [-0.39, 0.29) is 5.41 Å². The van der Waals surface area contributed by atoms with Crippen LogP contribution in [0.15, 0.2) is 12.1 Å². The van der Waals surface area contributed by atoms with Crippen molar-refractivity contribution in [1.29, 1.82) is 5.26 Å². The van der Waals surface area contributed by atoms with Crippen molar-refractivity contribution in [2.75, 3.05) is 6.61 Å². The minimum Gasteiger partial charge on any atom is -0.492 e. The van der Waals surface area contributed by atoms with Gasteiger partial charge in [-0.05, 0) is 50.3 Å². The van der Waals surface area contributed by atoms with E-state index in [1.807, 2.05) is 0 Å². The molecule has 0 radical (unpaired) electrons. The molecule has 90 valence electrons. The smallest absolute Gasteiger partial charge is 0.125 e. The van der Waals surface area contributed by atoms with Crippen molar-refractivity contribution in [2.45, 2.75) is 40.0 Å². The monoisotopic (exact) mass is 229 g/mol. The molecular weight excluding hydrogens is 210 g/mol. The van der Waals surface area contributed by atoms with Gasteiger partial charge in [-0.15, -0.1) is 0 Å². The molecule has 0 atom stereocenters. The number of ether oxygens (including phenoxy) is 1. The highest BCUT2D eigenvalue weighted by Crippen LogP contribution is 2.49. The van der Waals surface area contributed by atoms with Crippen LogP contribution in [-0.4, -0.2) is 6.61 Å². The molecule has 2 nitrogen and oxygen atoms in total. The average molecular weight is 229 g/mol. The van der Waals surface area contributed by atoms with Crippen molar-refractivity contribution < 1.29 is 4.74 Å². The highest BCUT2D eigenvalue weighted by Gasteiger charge is 2.43. The molecule has 17 heavy (non-hydrogen) atoms. The molecule has 0 unspecified atom stereocenters. The summed E-state index contributed by atoms with van der Waals surface area (Å²) in [5.74, 6) is 1.01. The topological polar surface area (TPSA) is 33.0 Å². The molecule has 1 aliphatic rings. The lowest BCUT2D eigenvalue weighted by Gasteiger charge is -2.17. The first-order valence-corrected chi connectivity index (χ1v) is 6.14. The van der Waals surface area contributed by atoms with Gasteiger partial charge in [0, 0.05) is 11.8 Å². The molecule has 0 N–H and O–H groups in total. The lowest BCUT2D eigenvalue weighted by Crippen LogP contribution is -2.13. The summed E-state index contributed by atoms with van der Waals surface area (Å²) in [7, 11) is 0. The summed E-state index contributed by atoms with van der Waals surface area (Å²) in [4.78, 5) is 0. The molecule has 2 heteroatoms. The molecule has 0 spiro atoms. The third kappa shape index (κ3) is 2.44. The summed E-state index contributed by atoms with van der Waals surface area (Å²) in [5, 5.41) is 8.79. The maximum Gasteiger partial charge on any atom is 0.125 e. The van der Waals surface area contributed by atoms with Gasteiger partial charge in [-0.1, -0.05) is 12.1 Å². The number of hydrogen-bond donors (Lipinski definition) is 0. The van der Waals surface area contributed by atoms with Crippen LogP contribution in [0.25, 0.3) is 0 Å². The fourth-order valence-electron chi connectivity index (χ4n) is 2.09. The number of benzene rings is 1. The number of aryl methyl sites for hydroxylation is 2. The molecule has 0 bridgehead atoms. The Hall–Kier alpha value is -1.49. The van der Waals surface area contributed by atoms with Gasteiger partial charge in [0.25, 0.3) is 0 Å². The second-order valence-corrected chi connectivity index (χ2v) is 5.28. The van der Waals surface area contributed by atoms with Gasteiger partial charge in [-0.3, -0.25) is 0 Å². The second kappa shape index (κ2) is 4.41. The van der Waals surface area contributed by atoms with Gasteiger partial charge in [0.05, 0.1) is 12.7 Å². The lowest BCUT2D eigenvalue weighted by molar-refractivity contribution is 0.234. The van der Waals surface area contributed by atoms with Crippen LogP contribution in [-0.2, 0) is 0 Å². The van der Waals surface area contributed by atoms with Crippen LogP contribution in [0.4, 0.5) is 0 Å². The van der Waals surface area contributed by atoms with Gasteiger partial charge < -0.3 is 4.74 Å². The molecule has 1 saturated carbocycles. The summed E-state index contributed by atoms with van der Waals surface area (Å²) in [5.41, 5.74) is 3.81. The summed E-state index contributed by atoms with van der Waals surface area (Å²) in [6.45, 7) is 6.96. The van der Waals surface area contributed by atoms with Crippen molar-refractivity contribution in [3.8, 4) is 11.8 Å².